The molecule has 166 valence electrons. The summed E-state index contributed by atoms with van der Waals surface area (Å²) in [6.07, 6.45) is 0.510. The highest BCUT2D eigenvalue weighted by Crippen LogP contribution is 2.38. The minimum Gasteiger partial charge on any atom is -0.497 e. The zero-order valence-corrected chi connectivity index (χ0v) is 20.0. The molecule has 1 aliphatic heterocycles. The highest BCUT2D eigenvalue weighted by Gasteiger charge is 2.32. The number of methoxy groups -OCH3 is 1. The Hall–Kier alpha value is -2.39. The van der Waals surface area contributed by atoms with Crippen LogP contribution in [0.2, 0.25) is 0 Å². The van der Waals surface area contributed by atoms with E-state index < -0.39 is 9.84 Å². The number of sulfone groups is 1. The predicted molar refractivity (Wildman–Crippen MR) is 122 cm³/mol. The number of amides is 2. The Balaban J connectivity index is 1.67. The van der Waals surface area contributed by atoms with E-state index >= 15 is 0 Å². The molecule has 2 amide bonds. The molecule has 7 nitrogen and oxygen atoms in total. The van der Waals surface area contributed by atoms with E-state index in [4.69, 9.17) is 4.74 Å². The minimum atomic E-state index is -3.73. The molecule has 1 aliphatic rings. The van der Waals surface area contributed by atoms with E-state index in [1.807, 2.05) is 19.1 Å². The number of carbonyl (C=O) groups is 2. The topological polar surface area (TPSA) is 92.8 Å². The van der Waals surface area contributed by atoms with E-state index in [1.54, 1.807) is 30.2 Å². The molecule has 0 aromatic heterocycles. The van der Waals surface area contributed by atoms with Crippen molar-refractivity contribution >= 4 is 43.3 Å². The summed E-state index contributed by atoms with van der Waals surface area (Å²) < 4.78 is 31.4. The second-order valence-electron chi connectivity index (χ2n) is 7.55. The summed E-state index contributed by atoms with van der Waals surface area (Å²) >= 11 is 3.35. The number of carbonyl (C=O) groups excluding carboxylic acids is 2. The monoisotopic (exact) mass is 508 g/mol. The highest BCUT2D eigenvalue weighted by atomic mass is 79.9. The zero-order valence-electron chi connectivity index (χ0n) is 17.6. The van der Waals surface area contributed by atoms with Crippen LogP contribution in [0.5, 0.6) is 5.75 Å². The smallest absolute Gasteiger partial charge is 0.224 e. The van der Waals surface area contributed by atoms with Gasteiger partial charge in [0.2, 0.25) is 11.8 Å². The maximum absolute atomic E-state index is 12.9. The average molecular weight is 509 g/mol. The van der Waals surface area contributed by atoms with Crippen LogP contribution in [0.25, 0.3) is 0 Å². The summed E-state index contributed by atoms with van der Waals surface area (Å²) in [5.74, 6) is -0.0848. The van der Waals surface area contributed by atoms with Crippen molar-refractivity contribution < 1.29 is 22.7 Å². The first-order valence-electron chi connectivity index (χ1n) is 9.87. The van der Waals surface area contributed by atoms with Gasteiger partial charge in [0.1, 0.15) is 5.75 Å². The molecule has 0 fully saturated rings. The van der Waals surface area contributed by atoms with Crippen LogP contribution in [0.15, 0.2) is 45.8 Å². The fourth-order valence-corrected chi connectivity index (χ4v) is 6.16. The van der Waals surface area contributed by atoms with E-state index in [9.17, 15) is 18.0 Å². The molecule has 0 radical (unpaired) electrons. The van der Waals surface area contributed by atoms with Gasteiger partial charge in [-0.3, -0.25) is 9.59 Å². The first kappa shape index (κ1) is 23.3. The summed E-state index contributed by atoms with van der Waals surface area (Å²) in [6, 6.07) is 10.5. The number of benzene rings is 2. The van der Waals surface area contributed by atoms with Crippen molar-refractivity contribution in [2.45, 2.75) is 44.2 Å². The van der Waals surface area contributed by atoms with Gasteiger partial charge in [-0.05, 0) is 64.7 Å². The third-order valence-electron chi connectivity index (χ3n) is 5.27. The van der Waals surface area contributed by atoms with Crippen molar-refractivity contribution in [3.05, 3.63) is 52.0 Å². The maximum atomic E-state index is 12.9. The van der Waals surface area contributed by atoms with Crippen LogP contribution in [0.3, 0.4) is 0 Å². The van der Waals surface area contributed by atoms with Gasteiger partial charge in [-0.1, -0.05) is 12.1 Å². The fourth-order valence-electron chi connectivity index (χ4n) is 3.71. The Kier molecular flexibility index (Phi) is 7.06. The lowest BCUT2D eigenvalue weighted by Crippen LogP contribution is -2.33. The van der Waals surface area contributed by atoms with E-state index in [0.717, 1.165) is 16.9 Å². The molecule has 31 heavy (non-hydrogen) atoms. The molecule has 0 unspecified atom stereocenters. The number of anilines is 1. The van der Waals surface area contributed by atoms with Crippen LogP contribution in [-0.4, -0.2) is 39.1 Å². The maximum Gasteiger partial charge on any atom is 0.224 e. The molecule has 1 heterocycles. The van der Waals surface area contributed by atoms with Gasteiger partial charge in [0.15, 0.2) is 9.84 Å². The molecule has 9 heteroatoms. The number of ether oxygens (including phenoxy) is 1. The summed E-state index contributed by atoms with van der Waals surface area (Å²) in [5, 5.41) is 2.74. The van der Waals surface area contributed by atoms with E-state index in [-0.39, 0.29) is 34.9 Å². The number of rotatable bonds is 7. The Labute approximate surface area is 190 Å². The van der Waals surface area contributed by atoms with E-state index in [1.165, 1.54) is 13.0 Å². The summed E-state index contributed by atoms with van der Waals surface area (Å²) in [7, 11) is -2.15. The molecule has 0 saturated heterocycles. The van der Waals surface area contributed by atoms with Crippen molar-refractivity contribution in [2.24, 2.45) is 0 Å². The molecule has 1 N–H and O–H groups in total. The SMILES string of the molecule is COc1ccc(CNC(=O)CCS(=O)(=O)c2cc3c(cc2Br)C[C@H](C)N3C(C)=O)cc1. The Morgan fingerprint density at radius 3 is 2.52 bits per heavy atom. The molecule has 0 spiro atoms. The summed E-state index contributed by atoms with van der Waals surface area (Å²) in [4.78, 5) is 25.9. The van der Waals surface area contributed by atoms with Crippen LogP contribution in [0.1, 0.15) is 31.4 Å². The van der Waals surface area contributed by atoms with Gasteiger partial charge in [0, 0.05) is 36.1 Å². The van der Waals surface area contributed by atoms with Crippen molar-refractivity contribution in [1.82, 2.24) is 5.32 Å². The largest absolute Gasteiger partial charge is 0.497 e. The molecular weight excluding hydrogens is 484 g/mol. The summed E-state index contributed by atoms with van der Waals surface area (Å²) in [5.41, 5.74) is 2.42. The third kappa shape index (κ3) is 5.27. The molecule has 2 aromatic carbocycles. The lowest BCUT2D eigenvalue weighted by molar-refractivity contribution is -0.121. The second kappa shape index (κ2) is 9.40. The van der Waals surface area contributed by atoms with Crippen molar-refractivity contribution in [1.29, 1.82) is 0 Å². The highest BCUT2D eigenvalue weighted by molar-refractivity contribution is 9.10. The quantitative estimate of drug-likeness (QED) is 0.619. The lowest BCUT2D eigenvalue weighted by Gasteiger charge is -2.21. The number of hydrogen-bond acceptors (Lipinski definition) is 5. The number of halogens is 1. The van der Waals surface area contributed by atoms with Crippen molar-refractivity contribution in [3.63, 3.8) is 0 Å². The van der Waals surface area contributed by atoms with Crippen LogP contribution in [-0.2, 0) is 32.4 Å². The van der Waals surface area contributed by atoms with Gasteiger partial charge in [0.25, 0.3) is 0 Å². The Bertz CT molecular complexity index is 1100. The van der Waals surface area contributed by atoms with Gasteiger partial charge in [-0.15, -0.1) is 0 Å². The minimum absolute atomic E-state index is 0.0268. The molecule has 0 saturated carbocycles. The number of nitrogens with zero attached hydrogens (tertiary/aromatic N) is 1. The van der Waals surface area contributed by atoms with Gasteiger partial charge in [-0.25, -0.2) is 8.42 Å². The van der Waals surface area contributed by atoms with Gasteiger partial charge in [0.05, 0.1) is 17.8 Å². The number of fused-ring (bicyclic) bond motifs is 1. The second-order valence-corrected chi connectivity index (χ2v) is 10.5. The molecule has 2 aromatic rings. The van der Waals surface area contributed by atoms with Crippen LogP contribution < -0.4 is 15.0 Å². The van der Waals surface area contributed by atoms with E-state index in [0.29, 0.717) is 23.1 Å². The van der Waals surface area contributed by atoms with Crippen LogP contribution >= 0.6 is 15.9 Å². The average Bonchev–Trinajstić information content (AvgIpc) is 3.05. The van der Waals surface area contributed by atoms with Gasteiger partial charge in [-0.2, -0.15) is 0 Å². The Morgan fingerprint density at radius 1 is 1.23 bits per heavy atom. The fraction of sp³-hybridized carbons (Fsp3) is 0.364. The lowest BCUT2D eigenvalue weighted by atomic mass is 10.1. The van der Waals surface area contributed by atoms with Crippen LogP contribution in [0.4, 0.5) is 5.69 Å². The predicted octanol–water partition coefficient (Wildman–Crippen LogP) is 3.24. The molecule has 3 rings (SSSR count). The molecule has 0 aliphatic carbocycles. The van der Waals surface area contributed by atoms with Gasteiger partial charge >= 0.3 is 0 Å². The standard InChI is InChI=1S/C22H25BrN2O5S/c1-14-10-17-11-19(23)21(12-20(17)25(14)15(2)26)31(28,29)9-8-22(27)24-13-16-4-6-18(30-3)7-5-16/h4-7,11-12,14H,8-10,13H2,1-3H3,(H,24,27)/t14-/m0/s1. The first-order valence-corrected chi connectivity index (χ1v) is 12.3. The normalized spacial score (nSPS) is 15.5. The number of nitrogens with one attached hydrogen (secondary N) is 1. The third-order valence-corrected chi connectivity index (χ3v) is 7.94. The van der Waals surface area contributed by atoms with Crippen molar-refractivity contribution in [3.8, 4) is 5.75 Å². The molecule has 1 atom stereocenters. The zero-order chi connectivity index (χ0) is 22.8. The van der Waals surface area contributed by atoms with Gasteiger partial charge < -0.3 is 15.0 Å². The van der Waals surface area contributed by atoms with Crippen molar-refractivity contribution in [2.75, 3.05) is 17.8 Å². The summed E-state index contributed by atoms with van der Waals surface area (Å²) in [6.45, 7) is 3.70. The molecular formula is C22H25BrN2O5S. The van der Waals surface area contributed by atoms with Crippen LogP contribution in [0, 0.1) is 0 Å². The van der Waals surface area contributed by atoms with E-state index in [2.05, 4.69) is 21.2 Å². The number of hydrogen-bond donors (Lipinski definition) is 1. The molecule has 0 bridgehead atoms. The Morgan fingerprint density at radius 2 is 1.90 bits per heavy atom. The first-order chi connectivity index (χ1) is 14.6.